The molecule has 0 spiro atoms. The second-order valence-corrected chi connectivity index (χ2v) is 2.34. The van der Waals surface area contributed by atoms with E-state index in [1.54, 1.807) is 0 Å². The van der Waals surface area contributed by atoms with Gasteiger partial charge >= 0.3 is 5.97 Å². The van der Waals surface area contributed by atoms with Gasteiger partial charge in [-0.2, -0.15) is 0 Å². The summed E-state index contributed by atoms with van der Waals surface area (Å²) >= 11 is 0. The Morgan fingerprint density at radius 2 is 2.00 bits per heavy atom. The molecule has 74 valence electrons. The fourth-order valence-electron chi connectivity index (χ4n) is 0.833. The summed E-state index contributed by atoms with van der Waals surface area (Å²) in [6.07, 6.45) is 5.00. The predicted octanol–water partition coefficient (Wildman–Crippen LogP) is -1.67. The van der Waals surface area contributed by atoms with Crippen LogP contribution in [0.1, 0.15) is 0 Å². The molecule has 0 aromatic carbocycles. The van der Waals surface area contributed by atoms with Crippen LogP contribution in [0.25, 0.3) is 0 Å². The van der Waals surface area contributed by atoms with Crippen molar-refractivity contribution in [3.63, 3.8) is 0 Å². The maximum atomic E-state index is 11.0. The molecule has 0 radical (unpaired) electrons. The molecule has 0 heterocycles. The van der Waals surface area contributed by atoms with E-state index in [2.05, 4.69) is 10.7 Å². The van der Waals surface area contributed by atoms with Crippen molar-refractivity contribution in [2.75, 3.05) is 20.0 Å². The lowest BCUT2D eigenvalue weighted by Gasteiger charge is -2.16. The summed E-state index contributed by atoms with van der Waals surface area (Å²) in [5.41, 5.74) is 0. The molecule has 5 nitrogen and oxygen atoms in total. The van der Waals surface area contributed by atoms with E-state index in [4.69, 9.17) is 21.7 Å². The number of rotatable bonds is 5. The number of ether oxygens (including phenoxy) is 1. The Labute approximate surface area is 76.0 Å². The van der Waals surface area contributed by atoms with Crippen LogP contribution < -0.4 is 0 Å². The molecule has 0 saturated carbocycles. The summed E-state index contributed by atoms with van der Waals surface area (Å²) in [5.74, 6) is -0.440. The molecule has 2 unspecified atom stereocenters. The van der Waals surface area contributed by atoms with E-state index in [-0.39, 0.29) is 0 Å². The molecule has 3 N–H and O–H groups in total. The third-order valence-corrected chi connectivity index (χ3v) is 1.60. The summed E-state index contributed by atoms with van der Waals surface area (Å²) in [7, 11) is 0. The maximum absolute atomic E-state index is 11.0. The van der Waals surface area contributed by atoms with E-state index >= 15 is 0 Å². The van der Waals surface area contributed by atoms with E-state index in [0.717, 1.165) is 0 Å². The van der Waals surface area contributed by atoms with Gasteiger partial charge in [-0.3, -0.25) is 4.79 Å². The Balaban J connectivity index is 4.31. The van der Waals surface area contributed by atoms with E-state index in [9.17, 15) is 4.79 Å². The number of esters is 1. The van der Waals surface area contributed by atoms with Crippen molar-refractivity contribution < 1.29 is 24.9 Å². The molecule has 0 aromatic heterocycles. The summed E-state index contributed by atoms with van der Waals surface area (Å²) < 4.78 is 4.23. The van der Waals surface area contributed by atoms with Gasteiger partial charge in [0.05, 0.1) is 25.0 Å². The van der Waals surface area contributed by atoms with E-state index < -0.39 is 37.8 Å². The van der Waals surface area contributed by atoms with Crippen LogP contribution >= 0.6 is 0 Å². The number of carbonyl (C=O) groups is 1. The van der Waals surface area contributed by atoms with Gasteiger partial charge in [0.15, 0.2) is 6.79 Å². The van der Waals surface area contributed by atoms with Crippen LogP contribution in [-0.4, -0.2) is 41.3 Å². The summed E-state index contributed by atoms with van der Waals surface area (Å²) in [4.78, 5) is 11.0. The van der Waals surface area contributed by atoms with Gasteiger partial charge in [-0.25, -0.2) is 0 Å². The summed E-state index contributed by atoms with van der Waals surface area (Å²) in [6, 6.07) is 0. The number of carbonyl (C=O) groups excluding carboxylic acids is 1. The van der Waals surface area contributed by atoms with Crippen molar-refractivity contribution in [3.05, 3.63) is 0 Å². The van der Waals surface area contributed by atoms with Crippen LogP contribution in [0, 0.1) is 24.2 Å². The summed E-state index contributed by atoms with van der Waals surface area (Å²) in [6.45, 7) is -1.70. The number of hydrogen-bond acceptors (Lipinski definition) is 5. The molecular formula is C8H12O5. The van der Waals surface area contributed by atoms with Crippen LogP contribution in [0.4, 0.5) is 0 Å². The lowest BCUT2D eigenvalue weighted by atomic mass is 9.95. The molecule has 0 bridgehead atoms. The lowest BCUT2D eigenvalue weighted by Crippen LogP contribution is -2.30. The molecule has 0 aliphatic carbocycles. The van der Waals surface area contributed by atoms with Gasteiger partial charge in [-0.1, -0.05) is 5.92 Å². The van der Waals surface area contributed by atoms with Crippen LogP contribution in [0.5, 0.6) is 0 Å². The number of aliphatic hydroxyl groups excluding tert-OH is 3. The minimum Gasteiger partial charge on any atom is -0.438 e. The first-order chi connectivity index (χ1) is 6.21. The third kappa shape index (κ3) is 3.42. The number of hydrogen-bond donors (Lipinski definition) is 3. The van der Waals surface area contributed by atoms with Crippen molar-refractivity contribution in [3.8, 4) is 12.3 Å². The first kappa shape index (κ1) is 11.9. The zero-order chi connectivity index (χ0) is 10.3. The van der Waals surface area contributed by atoms with E-state index in [1.807, 2.05) is 0 Å². The average Bonchev–Trinajstić information content (AvgIpc) is 2.14. The van der Waals surface area contributed by atoms with Crippen molar-refractivity contribution >= 4 is 5.97 Å². The van der Waals surface area contributed by atoms with E-state index in [1.165, 1.54) is 0 Å². The van der Waals surface area contributed by atoms with Crippen molar-refractivity contribution in [2.24, 2.45) is 11.8 Å². The standard InChI is InChI=1S/C8H12O5/c1-2-6(3-9)7(4-10)8(12)13-5-11/h1,6-7,9-11H,3-5H2. The Hall–Kier alpha value is -1.09. The highest BCUT2D eigenvalue weighted by Crippen LogP contribution is 2.11. The molecule has 0 aromatic rings. The Kier molecular flexibility index (Phi) is 5.89. The monoisotopic (exact) mass is 188 g/mol. The SMILES string of the molecule is C#CC(CO)C(CO)C(=O)OCO. The highest BCUT2D eigenvalue weighted by Gasteiger charge is 2.27. The van der Waals surface area contributed by atoms with Crippen molar-refractivity contribution in [1.29, 1.82) is 0 Å². The molecule has 2 atom stereocenters. The number of aliphatic hydroxyl groups is 3. The normalized spacial score (nSPS) is 14.3. The Morgan fingerprint density at radius 3 is 2.31 bits per heavy atom. The van der Waals surface area contributed by atoms with Gasteiger partial charge < -0.3 is 20.1 Å². The van der Waals surface area contributed by atoms with Crippen LogP contribution in [-0.2, 0) is 9.53 Å². The third-order valence-electron chi connectivity index (χ3n) is 1.60. The molecule has 0 aliphatic rings. The Bertz CT molecular complexity index is 195. The second kappa shape index (κ2) is 6.43. The van der Waals surface area contributed by atoms with Gasteiger partial charge in [0.1, 0.15) is 0 Å². The predicted molar refractivity (Wildman–Crippen MR) is 43.2 cm³/mol. The highest BCUT2D eigenvalue weighted by molar-refractivity contribution is 5.73. The van der Waals surface area contributed by atoms with Crippen molar-refractivity contribution in [2.45, 2.75) is 0 Å². The minimum absolute atomic E-state index is 0.414. The van der Waals surface area contributed by atoms with Crippen LogP contribution in [0.2, 0.25) is 0 Å². The second-order valence-electron chi connectivity index (χ2n) is 2.34. The van der Waals surface area contributed by atoms with Gasteiger partial charge in [-0.15, -0.1) is 6.42 Å². The molecule has 0 aliphatic heterocycles. The molecule has 0 saturated heterocycles. The maximum Gasteiger partial charge on any atom is 0.314 e. The van der Waals surface area contributed by atoms with Crippen LogP contribution in [0.15, 0.2) is 0 Å². The van der Waals surface area contributed by atoms with Gasteiger partial charge in [0.25, 0.3) is 0 Å². The van der Waals surface area contributed by atoms with Gasteiger partial charge in [-0.05, 0) is 0 Å². The lowest BCUT2D eigenvalue weighted by molar-refractivity contribution is -0.160. The molecule has 5 heteroatoms. The van der Waals surface area contributed by atoms with Gasteiger partial charge in [0, 0.05) is 0 Å². The number of terminal acetylenes is 1. The smallest absolute Gasteiger partial charge is 0.314 e. The first-order valence-corrected chi connectivity index (χ1v) is 3.66. The quantitative estimate of drug-likeness (QED) is 0.273. The van der Waals surface area contributed by atoms with E-state index in [0.29, 0.717) is 0 Å². The average molecular weight is 188 g/mol. The molecule has 0 rings (SSSR count). The largest absolute Gasteiger partial charge is 0.438 e. The summed E-state index contributed by atoms with van der Waals surface area (Å²) in [5, 5.41) is 25.8. The zero-order valence-corrected chi connectivity index (χ0v) is 7.01. The van der Waals surface area contributed by atoms with Gasteiger partial charge in [0.2, 0.25) is 0 Å². The van der Waals surface area contributed by atoms with Crippen LogP contribution in [0.3, 0.4) is 0 Å². The Morgan fingerprint density at radius 1 is 1.38 bits per heavy atom. The molecular weight excluding hydrogens is 176 g/mol. The minimum atomic E-state index is -0.984. The fraction of sp³-hybridized carbons (Fsp3) is 0.625. The first-order valence-electron chi connectivity index (χ1n) is 3.66. The molecule has 0 amide bonds. The highest BCUT2D eigenvalue weighted by atomic mass is 16.6. The molecule has 13 heavy (non-hydrogen) atoms. The zero-order valence-electron chi connectivity index (χ0n) is 7.01. The van der Waals surface area contributed by atoms with Crippen molar-refractivity contribution in [1.82, 2.24) is 0 Å². The fourth-order valence-corrected chi connectivity index (χ4v) is 0.833. The topological polar surface area (TPSA) is 87.0 Å². The molecule has 0 fully saturated rings.